The lowest BCUT2D eigenvalue weighted by Crippen LogP contribution is -2.08. The topological polar surface area (TPSA) is 38.9 Å². The molecule has 2 heteroatoms. The van der Waals surface area contributed by atoms with Gasteiger partial charge in [-0.05, 0) is 55.9 Å². The first-order chi connectivity index (χ1) is 11.1. The van der Waals surface area contributed by atoms with Crippen molar-refractivity contribution in [2.75, 3.05) is 0 Å². The highest BCUT2D eigenvalue weighted by molar-refractivity contribution is 5.76. The molecular formula is C21H30N2. The predicted molar refractivity (Wildman–Crippen MR) is 99.8 cm³/mol. The molecule has 2 rings (SSSR count). The molecule has 0 radical (unpaired) electrons. The van der Waals surface area contributed by atoms with Gasteiger partial charge in [-0.25, -0.2) is 0 Å². The van der Waals surface area contributed by atoms with Crippen LogP contribution < -0.4 is 5.73 Å². The highest BCUT2D eigenvalue weighted by Crippen LogP contribution is 2.29. The van der Waals surface area contributed by atoms with Crippen LogP contribution in [0, 0.1) is 12.8 Å². The Kier molecular flexibility index (Phi) is 6.64. The molecule has 0 spiro atoms. The maximum atomic E-state index is 6.30. The minimum Gasteiger partial charge on any atom is -0.399 e. The SMILES string of the molecule is C=C(CCC1CCCCC1)/C(N)=C/C(=C/C)c1cccnc1C. The number of allylic oxidation sites excluding steroid dienone is 4. The lowest BCUT2D eigenvalue weighted by molar-refractivity contribution is 0.339. The van der Waals surface area contributed by atoms with Gasteiger partial charge in [-0.1, -0.05) is 50.8 Å². The van der Waals surface area contributed by atoms with Crippen LogP contribution in [-0.4, -0.2) is 4.98 Å². The lowest BCUT2D eigenvalue weighted by Gasteiger charge is -2.21. The second-order valence-electron chi connectivity index (χ2n) is 6.63. The highest BCUT2D eigenvalue weighted by Gasteiger charge is 2.14. The zero-order valence-corrected chi connectivity index (χ0v) is 14.6. The van der Waals surface area contributed by atoms with Gasteiger partial charge < -0.3 is 5.73 Å². The van der Waals surface area contributed by atoms with Crippen LogP contribution >= 0.6 is 0 Å². The van der Waals surface area contributed by atoms with Crippen molar-refractivity contribution in [3.05, 3.63) is 59.6 Å². The van der Waals surface area contributed by atoms with Crippen molar-refractivity contribution in [3.63, 3.8) is 0 Å². The van der Waals surface area contributed by atoms with E-state index in [0.29, 0.717) is 0 Å². The Hall–Kier alpha value is -1.83. The summed E-state index contributed by atoms with van der Waals surface area (Å²) in [7, 11) is 0. The summed E-state index contributed by atoms with van der Waals surface area (Å²) in [6, 6.07) is 4.06. The maximum absolute atomic E-state index is 6.30. The van der Waals surface area contributed by atoms with Crippen molar-refractivity contribution in [1.82, 2.24) is 4.98 Å². The van der Waals surface area contributed by atoms with Gasteiger partial charge >= 0.3 is 0 Å². The van der Waals surface area contributed by atoms with Crippen LogP contribution in [0.5, 0.6) is 0 Å². The predicted octanol–water partition coefficient (Wildman–Crippen LogP) is 5.55. The summed E-state index contributed by atoms with van der Waals surface area (Å²) in [5.41, 5.74) is 11.4. The number of nitrogens with zero attached hydrogens (tertiary/aromatic N) is 1. The normalized spacial score (nSPS) is 17.3. The third-order valence-corrected chi connectivity index (χ3v) is 4.93. The van der Waals surface area contributed by atoms with E-state index in [4.69, 9.17) is 5.73 Å². The van der Waals surface area contributed by atoms with Gasteiger partial charge in [0.2, 0.25) is 0 Å². The number of hydrogen-bond donors (Lipinski definition) is 1. The molecule has 0 saturated heterocycles. The van der Waals surface area contributed by atoms with Crippen LogP contribution in [0.1, 0.15) is 63.1 Å². The number of aryl methyl sites for hydroxylation is 1. The molecule has 2 nitrogen and oxygen atoms in total. The molecule has 2 N–H and O–H groups in total. The first-order valence-corrected chi connectivity index (χ1v) is 8.85. The summed E-state index contributed by atoms with van der Waals surface area (Å²) >= 11 is 0. The van der Waals surface area contributed by atoms with Crippen molar-refractivity contribution in [2.24, 2.45) is 11.7 Å². The van der Waals surface area contributed by atoms with E-state index in [1.165, 1.54) is 38.5 Å². The van der Waals surface area contributed by atoms with Gasteiger partial charge in [0.15, 0.2) is 0 Å². The zero-order valence-electron chi connectivity index (χ0n) is 14.6. The standard InChI is InChI=1S/C21H30N2/c1-4-19(20-11-8-14-23-17(20)3)15-21(22)16(2)12-13-18-9-6-5-7-10-18/h4,8,11,14-15,18H,2,5-7,9-10,12-13,22H2,1,3H3/b19-4-,21-15-. The Morgan fingerprint density at radius 1 is 1.35 bits per heavy atom. The van der Waals surface area contributed by atoms with Gasteiger partial charge in [0.05, 0.1) is 0 Å². The molecule has 1 heterocycles. The van der Waals surface area contributed by atoms with Gasteiger partial charge in [0.1, 0.15) is 0 Å². The molecule has 0 aromatic carbocycles. The summed E-state index contributed by atoms with van der Waals surface area (Å²) in [5.74, 6) is 0.870. The average molecular weight is 310 g/mol. The van der Waals surface area contributed by atoms with Crippen LogP contribution in [-0.2, 0) is 0 Å². The Labute approximate surface area is 141 Å². The third kappa shape index (κ3) is 5.09. The van der Waals surface area contributed by atoms with E-state index in [1.807, 2.05) is 32.2 Å². The second kappa shape index (κ2) is 8.71. The van der Waals surface area contributed by atoms with E-state index in [2.05, 4.69) is 23.7 Å². The van der Waals surface area contributed by atoms with Crippen molar-refractivity contribution in [2.45, 2.75) is 58.8 Å². The third-order valence-electron chi connectivity index (χ3n) is 4.93. The van der Waals surface area contributed by atoms with Crippen LogP contribution in [0.25, 0.3) is 5.57 Å². The molecule has 0 aliphatic heterocycles. The summed E-state index contributed by atoms with van der Waals surface area (Å²) < 4.78 is 0. The van der Waals surface area contributed by atoms with Gasteiger partial charge in [-0.2, -0.15) is 0 Å². The monoisotopic (exact) mass is 310 g/mol. The van der Waals surface area contributed by atoms with E-state index in [9.17, 15) is 0 Å². The van der Waals surface area contributed by atoms with E-state index < -0.39 is 0 Å². The summed E-state index contributed by atoms with van der Waals surface area (Å²) in [4.78, 5) is 4.36. The van der Waals surface area contributed by atoms with Crippen molar-refractivity contribution < 1.29 is 0 Å². The molecule has 0 amide bonds. The molecule has 0 bridgehead atoms. The minimum absolute atomic E-state index is 0.803. The number of aromatic nitrogens is 1. The fourth-order valence-corrected chi connectivity index (χ4v) is 3.37. The molecule has 0 atom stereocenters. The minimum atomic E-state index is 0.803. The van der Waals surface area contributed by atoms with Crippen LogP contribution in [0.4, 0.5) is 0 Å². The Morgan fingerprint density at radius 2 is 2.09 bits per heavy atom. The molecule has 0 unspecified atom stereocenters. The van der Waals surface area contributed by atoms with E-state index in [-0.39, 0.29) is 0 Å². The van der Waals surface area contributed by atoms with E-state index >= 15 is 0 Å². The van der Waals surface area contributed by atoms with Crippen LogP contribution in [0.15, 0.2) is 48.3 Å². The van der Waals surface area contributed by atoms with Crippen molar-refractivity contribution >= 4 is 5.57 Å². The molecule has 1 saturated carbocycles. The molecule has 1 aliphatic rings. The quantitative estimate of drug-likeness (QED) is 0.699. The number of hydrogen-bond acceptors (Lipinski definition) is 2. The Balaban J connectivity index is 1.99. The molecule has 1 aromatic rings. The van der Waals surface area contributed by atoms with Crippen molar-refractivity contribution in [1.29, 1.82) is 0 Å². The van der Waals surface area contributed by atoms with Gasteiger partial charge in [0, 0.05) is 23.2 Å². The summed E-state index contributed by atoms with van der Waals surface area (Å²) in [5, 5.41) is 0. The highest BCUT2D eigenvalue weighted by atomic mass is 14.7. The van der Waals surface area contributed by atoms with E-state index in [1.54, 1.807) is 0 Å². The fraction of sp³-hybridized carbons (Fsp3) is 0.476. The second-order valence-corrected chi connectivity index (χ2v) is 6.63. The first kappa shape index (κ1) is 17.5. The zero-order chi connectivity index (χ0) is 16.7. The molecule has 23 heavy (non-hydrogen) atoms. The van der Waals surface area contributed by atoms with Crippen molar-refractivity contribution in [3.8, 4) is 0 Å². The Morgan fingerprint density at radius 3 is 2.74 bits per heavy atom. The largest absolute Gasteiger partial charge is 0.399 e. The molecular weight excluding hydrogens is 280 g/mol. The average Bonchev–Trinajstić information content (AvgIpc) is 2.59. The Bertz CT molecular complexity index is 590. The molecule has 124 valence electrons. The number of rotatable bonds is 6. The van der Waals surface area contributed by atoms with Gasteiger partial charge in [-0.15, -0.1) is 0 Å². The molecule has 1 fully saturated rings. The lowest BCUT2D eigenvalue weighted by atomic mass is 9.85. The summed E-state index contributed by atoms with van der Waals surface area (Å²) in [6.07, 6.45) is 15.2. The fourth-order valence-electron chi connectivity index (χ4n) is 3.37. The van der Waals surface area contributed by atoms with Crippen LogP contribution in [0.2, 0.25) is 0 Å². The molecule has 1 aromatic heterocycles. The maximum Gasteiger partial charge on any atom is 0.0450 e. The van der Waals surface area contributed by atoms with Gasteiger partial charge in [-0.3, -0.25) is 4.98 Å². The van der Waals surface area contributed by atoms with Gasteiger partial charge in [0.25, 0.3) is 0 Å². The number of nitrogens with two attached hydrogens (primary N) is 1. The smallest absolute Gasteiger partial charge is 0.0450 e. The summed E-state index contributed by atoms with van der Waals surface area (Å²) in [6.45, 7) is 8.27. The molecule has 1 aliphatic carbocycles. The van der Waals surface area contributed by atoms with E-state index in [0.717, 1.165) is 40.4 Å². The van der Waals surface area contributed by atoms with Crippen LogP contribution in [0.3, 0.4) is 0 Å². The number of pyridine rings is 1. The first-order valence-electron chi connectivity index (χ1n) is 8.85.